The Bertz CT molecular complexity index is 994. The van der Waals surface area contributed by atoms with Crippen molar-refractivity contribution in [3.8, 4) is 5.75 Å². The average Bonchev–Trinajstić information content (AvgIpc) is 2.68. The van der Waals surface area contributed by atoms with Crippen LogP contribution in [-0.4, -0.2) is 57.3 Å². The number of likely N-dealkylation sites (N-methyl/N-ethyl adjacent to an activating group) is 1. The van der Waals surface area contributed by atoms with Crippen LogP contribution in [0.2, 0.25) is 0 Å². The molecule has 0 spiro atoms. The number of amides is 1. The van der Waals surface area contributed by atoms with Gasteiger partial charge in [0, 0.05) is 25.3 Å². The summed E-state index contributed by atoms with van der Waals surface area (Å²) in [6.45, 7) is 9.17. The second-order valence-corrected chi connectivity index (χ2v) is 9.54. The van der Waals surface area contributed by atoms with Gasteiger partial charge in [-0.2, -0.15) is 4.31 Å². The molecule has 1 N–H and O–H groups in total. The molecule has 2 rings (SSSR count). The summed E-state index contributed by atoms with van der Waals surface area (Å²) in [4.78, 5) is 14.6. The van der Waals surface area contributed by atoms with E-state index >= 15 is 0 Å². The van der Waals surface area contributed by atoms with Crippen LogP contribution in [0.4, 0.5) is 5.69 Å². The molecular formula is C23H33N3O4S. The molecule has 0 aliphatic heterocycles. The Kier molecular flexibility index (Phi) is 8.61. The Morgan fingerprint density at radius 3 is 2.23 bits per heavy atom. The monoisotopic (exact) mass is 447 g/mol. The number of rotatable bonds is 10. The van der Waals surface area contributed by atoms with Crippen molar-refractivity contribution in [1.82, 2.24) is 9.21 Å². The van der Waals surface area contributed by atoms with Crippen LogP contribution >= 0.6 is 0 Å². The van der Waals surface area contributed by atoms with E-state index in [1.807, 2.05) is 25.8 Å². The number of nitrogens with zero attached hydrogens (tertiary/aromatic N) is 2. The van der Waals surface area contributed by atoms with Gasteiger partial charge in [-0.15, -0.1) is 0 Å². The zero-order valence-electron chi connectivity index (χ0n) is 19.2. The molecule has 7 nitrogen and oxygen atoms in total. The number of hydrogen-bond donors (Lipinski definition) is 1. The number of nitrogens with one attached hydrogen (secondary N) is 1. The molecule has 31 heavy (non-hydrogen) atoms. The van der Waals surface area contributed by atoms with E-state index in [0.717, 1.165) is 22.4 Å². The maximum absolute atomic E-state index is 12.7. The molecule has 0 aliphatic rings. The molecule has 2 aromatic carbocycles. The number of aryl methyl sites for hydroxylation is 2. The van der Waals surface area contributed by atoms with Crippen molar-refractivity contribution < 1.29 is 17.9 Å². The first-order valence-corrected chi connectivity index (χ1v) is 11.8. The van der Waals surface area contributed by atoms with Crippen molar-refractivity contribution in [2.24, 2.45) is 0 Å². The molecule has 2 aromatic rings. The Morgan fingerprint density at radius 1 is 1.06 bits per heavy atom. The second-order valence-electron chi connectivity index (χ2n) is 7.60. The summed E-state index contributed by atoms with van der Waals surface area (Å²) in [7, 11) is -0.0446. The third-order valence-electron chi connectivity index (χ3n) is 5.05. The molecule has 0 aliphatic carbocycles. The first-order valence-electron chi connectivity index (χ1n) is 10.3. The largest absolute Gasteiger partial charge is 0.496 e. The predicted molar refractivity (Wildman–Crippen MR) is 124 cm³/mol. The summed E-state index contributed by atoms with van der Waals surface area (Å²) in [5.41, 5.74) is 3.67. The minimum atomic E-state index is -3.58. The minimum absolute atomic E-state index is 0.173. The van der Waals surface area contributed by atoms with Crippen LogP contribution in [0, 0.1) is 13.8 Å². The average molecular weight is 448 g/mol. The van der Waals surface area contributed by atoms with Crippen LogP contribution in [-0.2, 0) is 21.4 Å². The molecule has 0 unspecified atom stereocenters. The maximum Gasteiger partial charge on any atom is 0.243 e. The van der Waals surface area contributed by atoms with E-state index in [0.29, 0.717) is 25.3 Å². The Morgan fingerprint density at radius 2 is 1.68 bits per heavy atom. The SMILES string of the molecule is CCN(CC)S(=O)(=O)c1cccc(NC(=O)CN(C)Cc2cc(C)c(OC)c(C)c2)c1. The van der Waals surface area contributed by atoms with Gasteiger partial charge in [0.05, 0.1) is 18.6 Å². The number of ether oxygens (including phenoxy) is 1. The molecule has 170 valence electrons. The van der Waals surface area contributed by atoms with Crippen LogP contribution in [0.3, 0.4) is 0 Å². The van der Waals surface area contributed by atoms with Crippen molar-refractivity contribution in [3.05, 3.63) is 53.1 Å². The molecule has 0 bridgehead atoms. The maximum atomic E-state index is 12.7. The van der Waals surface area contributed by atoms with E-state index in [-0.39, 0.29) is 17.3 Å². The third-order valence-corrected chi connectivity index (χ3v) is 7.10. The third kappa shape index (κ3) is 6.29. The number of carbonyl (C=O) groups is 1. The second kappa shape index (κ2) is 10.7. The normalized spacial score (nSPS) is 11.7. The predicted octanol–water partition coefficient (Wildman–Crippen LogP) is 3.41. The number of benzene rings is 2. The highest BCUT2D eigenvalue weighted by Crippen LogP contribution is 2.25. The highest BCUT2D eigenvalue weighted by atomic mass is 32.2. The van der Waals surface area contributed by atoms with Gasteiger partial charge >= 0.3 is 0 Å². The molecule has 0 saturated carbocycles. The van der Waals surface area contributed by atoms with Crippen LogP contribution in [0.25, 0.3) is 0 Å². The van der Waals surface area contributed by atoms with Crippen molar-refractivity contribution >= 4 is 21.6 Å². The summed E-state index contributed by atoms with van der Waals surface area (Å²) in [5, 5.41) is 2.80. The summed E-state index contributed by atoms with van der Waals surface area (Å²) >= 11 is 0. The van der Waals surface area contributed by atoms with Crippen molar-refractivity contribution in [1.29, 1.82) is 0 Å². The number of sulfonamides is 1. The Labute approximate surface area is 186 Å². The topological polar surface area (TPSA) is 79.0 Å². The van der Waals surface area contributed by atoms with E-state index in [2.05, 4.69) is 17.4 Å². The van der Waals surface area contributed by atoms with E-state index in [4.69, 9.17) is 4.74 Å². The molecule has 0 heterocycles. The van der Waals surface area contributed by atoms with Gasteiger partial charge in [0.2, 0.25) is 15.9 Å². The fourth-order valence-electron chi connectivity index (χ4n) is 3.71. The smallest absolute Gasteiger partial charge is 0.243 e. The van der Waals surface area contributed by atoms with E-state index < -0.39 is 10.0 Å². The van der Waals surface area contributed by atoms with Gasteiger partial charge in [0.15, 0.2) is 0 Å². The number of hydrogen-bond acceptors (Lipinski definition) is 5. The molecule has 1 amide bonds. The fourth-order valence-corrected chi connectivity index (χ4v) is 5.22. The lowest BCUT2D eigenvalue weighted by molar-refractivity contribution is -0.117. The van der Waals surface area contributed by atoms with Gasteiger partial charge in [0.25, 0.3) is 0 Å². The molecule has 0 atom stereocenters. The number of anilines is 1. The molecule has 0 saturated heterocycles. The number of carbonyl (C=O) groups excluding carboxylic acids is 1. The Hall–Kier alpha value is -2.42. The van der Waals surface area contributed by atoms with Crippen molar-refractivity contribution in [2.75, 3.05) is 39.1 Å². The lowest BCUT2D eigenvalue weighted by Crippen LogP contribution is -2.31. The Balaban J connectivity index is 2.05. The van der Waals surface area contributed by atoms with Gasteiger partial charge in [-0.25, -0.2) is 8.42 Å². The van der Waals surface area contributed by atoms with Crippen LogP contribution < -0.4 is 10.1 Å². The first kappa shape index (κ1) is 24.8. The zero-order chi connectivity index (χ0) is 23.2. The first-order chi connectivity index (χ1) is 14.6. The molecule has 0 radical (unpaired) electrons. The summed E-state index contributed by atoms with van der Waals surface area (Å²) in [5.74, 6) is 0.672. The number of methoxy groups -OCH3 is 1. The minimum Gasteiger partial charge on any atom is -0.496 e. The summed E-state index contributed by atoms with van der Waals surface area (Å²) < 4.78 is 32.2. The van der Waals surface area contributed by atoms with Gasteiger partial charge < -0.3 is 10.1 Å². The molecule has 0 fully saturated rings. The van der Waals surface area contributed by atoms with E-state index in [1.165, 1.54) is 10.4 Å². The van der Waals surface area contributed by atoms with Crippen LogP contribution in [0.15, 0.2) is 41.3 Å². The van der Waals surface area contributed by atoms with Crippen molar-refractivity contribution in [3.63, 3.8) is 0 Å². The summed E-state index contributed by atoms with van der Waals surface area (Å²) in [6, 6.07) is 10.5. The van der Waals surface area contributed by atoms with Gasteiger partial charge in [0.1, 0.15) is 5.75 Å². The summed E-state index contributed by atoms with van der Waals surface area (Å²) in [6.07, 6.45) is 0. The van der Waals surface area contributed by atoms with Gasteiger partial charge in [-0.1, -0.05) is 32.0 Å². The van der Waals surface area contributed by atoms with Gasteiger partial charge in [-0.05, 0) is 55.8 Å². The standard InChI is InChI=1S/C23H33N3O4S/c1-7-26(8-2)31(28,29)21-11-9-10-20(14-21)24-22(27)16-25(5)15-19-12-17(3)23(30-6)18(4)13-19/h9-14H,7-8,15-16H2,1-6H3,(H,24,27). The van der Waals surface area contributed by atoms with E-state index in [1.54, 1.807) is 39.2 Å². The highest BCUT2D eigenvalue weighted by molar-refractivity contribution is 7.89. The quantitative estimate of drug-likeness (QED) is 0.604. The van der Waals surface area contributed by atoms with Crippen molar-refractivity contribution in [2.45, 2.75) is 39.1 Å². The lowest BCUT2D eigenvalue weighted by Gasteiger charge is -2.20. The molecule has 0 aromatic heterocycles. The highest BCUT2D eigenvalue weighted by Gasteiger charge is 2.22. The van der Waals surface area contributed by atoms with Gasteiger partial charge in [-0.3, -0.25) is 9.69 Å². The van der Waals surface area contributed by atoms with E-state index in [9.17, 15) is 13.2 Å². The molecular weight excluding hydrogens is 414 g/mol. The van der Waals surface area contributed by atoms with Crippen LogP contribution in [0.1, 0.15) is 30.5 Å². The zero-order valence-corrected chi connectivity index (χ0v) is 20.0. The lowest BCUT2D eigenvalue weighted by atomic mass is 10.1. The van der Waals surface area contributed by atoms with Crippen LogP contribution in [0.5, 0.6) is 5.75 Å². The fraction of sp³-hybridized carbons (Fsp3) is 0.435. The molecule has 8 heteroatoms.